The van der Waals surface area contributed by atoms with Gasteiger partial charge in [-0.25, -0.2) is 4.79 Å². The van der Waals surface area contributed by atoms with E-state index >= 15 is 0 Å². The molecule has 142 valence electrons. The Labute approximate surface area is 155 Å². The molecule has 0 bridgehead atoms. The van der Waals surface area contributed by atoms with Crippen molar-refractivity contribution >= 4 is 17.4 Å². The van der Waals surface area contributed by atoms with Gasteiger partial charge < -0.3 is 14.9 Å². The fraction of sp³-hybridized carbons (Fsp3) is 0.263. The molecule has 0 amide bonds. The van der Waals surface area contributed by atoms with Gasteiger partial charge in [-0.2, -0.15) is 0 Å². The molecule has 0 aliphatic carbocycles. The van der Waals surface area contributed by atoms with Crippen LogP contribution in [0.1, 0.15) is 52.1 Å². The van der Waals surface area contributed by atoms with Crippen LogP contribution in [-0.2, 0) is 13.0 Å². The van der Waals surface area contributed by atoms with Crippen LogP contribution in [0.3, 0.4) is 0 Å². The summed E-state index contributed by atoms with van der Waals surface area (Å²) in [5.41, 5.74) is 0.275. The number of nitro benzene ring substituents is 1. The normalized spacial score (nSPS) is 10.4. The quantitative estimate of drug-likeness (QED) is 0.410. The lowest BCUT2D eigenvalue weighted by Gasteiger charge is -2.15. The van der Waals surface area contributed by atoms with Crippen molar-refractivity contribution in [2.24, 2.45) is 0 Å². The first-order valence-electron chi connectivity index (χ1n) is 8.25. The molecular formula is C19H19NO7. The molecule has 0 aliphatic rings. The number of nitrogens with zero attached hydrogens (tertiary/aromatic N) is 1. The van der Waals surface area contributed by atoms with E-state index in [1.165, 1.54) is 25.1 Å². The molecular weight excluding hydrogens is 354 g/mol. The summed E-state index contributed by atoms with van der Waals surface area (Å²) in [6, 6.07) is 6.54. The first-order chi connectivity index (χ1) is 12.8. The van der Waals surface area contributed by atoms with Crippen molar-refractivity contribution in [3.63, 3.8) is 0 Å². The van der Waals surface area contributed by atoms with Crippen LogP contribution in [0.25, 0.3) is 0 Å². The smallest absolute Gasteiger partial charge is 0.335 e. The molecule has 0 heterocycles. The predicted molar refractivity (Wildman–Crippen MR) is 96.5 cm³/mol. The molecule has 0 fully saturated rings. The van der Waals surface area contributed by atoms with Gasteiger partial charge in [0.05, 0.1) is 21.6 Å². The Kier molecular flexibility index (Phi) is 6.12. The SMILES string of the molecule is CCCc1c(OCc2ccc(C(=O)O)cc2[N+](=O)[O-])ccc(C(C)=O)c1O. The van der Waals surface area contributed by atoms with Crippen molar-refractivity contribution in [1.29, 1.82) is 0 Å². The second-order valence-electron chi connectivity index (χ2n) is 5.94. The Balaban J connectivity index is 2.36. The number of nitro groups is 1. The summed E-state index contributed by atoms with van der Waals surface area (Å²) >= 11 is 0. The van der Waals surface area contributed by atoms with Crippen LogP contribution in [0.5, 0.6) is 11.5 Å². The van der Waals surface area contributed by atoms with Gasteiger partial charge in [-0.3, -0.25) is 14.9 Å². The number of benzene rings is 2. The van der Waals surface area contributed by atoms with Gasteiger partial charge in [0.2, 0.25) is 0 Å². The lowest BCUT2D eigenvalue weighted by atomic mass is 10.0. The minimum atomic E-state index is -1.26. The molecule has 0 saturated heterocycles. The monoisotopic (exact) mass is 373 g/mol. The average Bonchev–Trinajstić information content (AvgIpc) is 2.61. The lowest BCUT2D eigenvalue weighted by Crippen LogP contribution is -2.06. The van der Waals surface area contributed by atoms with Crippen molar-refractivity contribution < 1.29 is 29.5 Å². The number of carbonyl (C=O) groups excluding carboxylic acids is 1. The van der Waals surface area contributed by atoms with Gasteiger partial charge in [0.1, 0.15) is 18.1 Å². The number of phenolic OH excluding ortho intramolecular Hbond substituents is 1. The Morgan fingerprint density at radius 3 is 2.48 bits per heavy atom. The van der Waals surface area contributed by atoms with E-state index in [4.69, 9.17) is 9.84 Å². The van der Waals surface area contributed by atoms with Crippen LogP contribution < -0.4 is 4.74 Å². The summed E-state index contributed by atoms with van der Waals surface area (Å²) in [5.74, 6) is -1.38. The van der Waals surface area contributed by atoms with E-state index in [0.717, 1.165) is 6.07 Å². The maximum Gasteiger partial charge on any atom is 0.335 e. The standard InChI is InChI=1S/C19H19NO7/c1-3-4-15-17(8-7-14(11(2)21)18(15)22)27-10-13-6-5-12(19(23)24)9-16(13)20(25)26/h5-9,22H,3-4,10H2,1-2H3,(H,23,24). The summed E-state index contributed by atoms with van der Waals surface area (Å²) in [4.78, 5) is 33.2. The number of phenols is 1. The third kappa shape index (κ3) is 4.41. The number of Topliss-reactive ketones (excluding diaryl/α,β-unsaturated/α-hetero) is 1. The number of hydrogen-bond acceptors (Lipinski definition) is 6. The van der Waals surface area contributed by atoms with E-state index in [0.29, 0.717) is 24.2 Å². The van der Waals surface area contributed by atoms with Crippen molar-refractivity contribution in [2.45, 2.75) is 33.3 Å². The Morgan fingerprint density at radius 2 is 1.93 bits per heavy atom. The van der Waals surface area contributed by atoms with Crippen molar-refractivity contribution in [3.8, 4) is 11.5 Å². The summed E-state index contributed by atoms with van der Waals surface area (Å²) < 4.78 is 5.66. The van der Waals surface area contributed by atoms with Crippen molar-refractivity contribution in [1.82, 2.24) is 0 Å². The second-order valence-corrected chi connectivity index (χ2v) is 5.94. The van der Waals surface area contributed by atoms with Gasteiger partial charge in [-0.1, -0.05) is 13.3 Å². The van der Waals surface area contributed by atoms with Crippen LogP contribution in [0.4, 0.5) is 5.69 Å². The molecule has 0 saturated carbocycles. The highest BCUT2D eigenvalue weighted by atomic mass is 16.6. The van der Waals surface area contributed by atoms with E-state index in [1.807, 2.05) is 6.92 Å². The molecule has 8 nitrogen and oxygen atoms in total. The largest absolute Gasteiger partial charge is 0.507 e. The Morgan fingerprint density at radius 1 is 1.22 bits per heavy atom. The molecule has 0 spiro atoms. The molecule has 2 N–H and O–H groups in total. The Hall–Kier alpha value is -3.42. The molecule has 0 aromatic heterocycles. The zero-order valence-corrected chi connectivity index (χ0v) is 14.9. The minimum Gasteiger partial charge on any atom is -0.507 e. The number of aromatic hydroxyl groups is 1. The summed E-state index contributed by atoms with van der Waals surface area (Å²) in [5, 5.41) is 30.5. The second kappa shape index (κ2) is 8.31. The highest BCUT2D eigenvalue weighted by Gasteiger charge is 2.20. The van der Waals surface area contributed by atoms with Gasteiger partial charge in [0.15, 0.2) is 5.78 Å². The molecule has 2 aromatic rings. The highest BCUT2D eigenvalue weighted by Crippen LogP contribution is 2.34. The summed E-state index contributed by atoms with van der Waals surface area (Å²) in [7, 11) is 0. The van der Waals surface area contributed by atoms with Gasteiger partial charge in [-0.05, 0) is 37.6 Å². The molecule has 0 aliphatic heterocycles. The van der Waals surface area contributed by atoms with Gasteiger partial charge >= 0.3 is 5.97 Å². The fourth-order valence-corrected chi connectivity index (χ4v) is 2.67. The van der Waals surface area contributed by atoms with Crippen LogP contribution in [0, 0.1) is 10.1 Å². The zero-order chi connectivity index (χ0) is 20.1. The van der Waals surface area contributed by atoms with Gasteiger partial charge in [0.25, 0.3) is 5.69 Å². The molecule has 2 aromatic carbocycles. The lowest BCUT2D eigenvalue weighted by molar-refractivity contribution is -0.385. The van der Waals surface area contributed by atoms with E-state index in [1.54, 1.807) is 6.07 Å². The molecule has 8 heteroatoms. The number of ketones is 1. The highest BCUT2D eigenvalue weighted by molar-refractivity contribution is 5.97. The summed E-state index contributed by atoms with van der Waals surface area (Å²) in [6.07, 6.45) is 1.15. The maximum atomic E-state index is 11.6. The zero-order valence-electron chi connectivity index (χ0n) is 14.9. The first-order valence-corrected chi connectivity index (χ1v) is 8.25. The van der Waals surface area contributed by atoms with Gasteiger partial charge in [0, 0.05) is 11.6 Å². The third-order valence-corrected chi connectivity index (χ3v) is 4.03. The fourth-order valence-electron chi connectivity index (χ4n) is 2.67. The number of carbonyl (C=O) groups is 2. The molecule has 0 radical (unpaired) electrons. The van der Waals surface area contributed by atoms with E-state index in [2.05, 4.69) is 0 Å². The number of ether oxygens (including phenoxy) is 1. The third-order valence-electron chi connectivity index (χ3n) is 4.03. The van der Waals surface area contributed by atoms with Crippen LogP contribution in [0.15, 0.2) is 30.3 Å². The van der Waals surface area contributed by atoms with E-state index in [9.17, 15) is 24.8 Å². The molecule has 0 unspecified atom stereocenters. The van der Waals surface area contributed by atoms with Crippen molar-refractivity contribution in [2.75, 3.05) is 0 Å². The molecule has 2 rings (SSSR count). The number of aromatic carboxylic acids is 1. The van der Waals surface area contributed by atoms with Crippen LogP contribution >= 0.6 is 0 Å². The number of carboxylic acid groups (broad SMARTS) is 1. The number of carboxylic acids is 1. The number of rotatable bonds is 8. The predicted octanol–water partition coefficient (Wildman–Crippen LogP) is 3.73. The van der Waals surface area contributed by atoms with Gasteiger partial charge in [-0.15, -0.1) is 0 Å². The number of hydrogen-bond donors (Lipinski definition) is 2. The van der Waals surface area contributed by atoms with Crippen LogP contribution in [0.2, 0.25) is 0 Å². The molecule has 0 atom stereocenters. The topological polar surface area (TPSA) is 127 Å². The first kappa shape index (κ1) is 19.9. The summed E-state index contributed by atoms with van der Waals surface area (Å²) in [6.45, 7) is 3.06. The molecule has 27 heavy (non-hydrogen) atoms. The maximum absolute atomic E-state index is 11.6. The van der Waals surface area contributed by atoms with E-state index < -0.39 is 10.9 Å². The average molecular weight is 373 g/mol. The van der Waals surface area contributed by atoms with Crippen LogP contribution in [-0.4, -0.2) is 26.9 Å². The van der Waals surface area contributed by atoms with E-state index in [-0.39, 0.29) is 40.5 Å². The van der Waals surface area contributed by atoms with Crippen molar-refractivity contribution in [3.05, 3.63) is 62.7 Å². The minimum absolute atomic E-state index is 0.155. The Bertz CT molecular complexity index is 905.